The van der Waals surface area contributed by atoms with Crippen LogP contribution in [0.15, 0.2) is 18.2 Å². The van der Waals surface area contributed by atoms with Gasteiger partial charge >= 0.3 is 0 Å². The average molecular weight is 231 g/mol. The zero-order valence-electron chi connectivity index (χ0n) is 9.08. The van der Waals surface area contributed by atoms with Gasteiger partial charge in [-0.1, -0.05) is 6.07 Å². The van der Waals surface area contributed by atoms with E-state index in [1.54, 1.807) is 18.2 Å². The maximum atomic E-state index is 12.0. The van der Waals surface area contributed by atoms with Gasteiger partial charge in [0.25, 0.3) is 6.43 Å². The van der Waals surface area contributed by atoms with Gasteiger partial charge in [0.15, 0.2) is 11.5 Å². The predicted molar refractivity (Wildman–Crippen MR) is 57.3 cm³/mol. The Morgan fingerprint density at radius 3 is 2.62 bits per heavy atom. The standard InChI is InChI=1S/C11H15F2NO2/c1-15-10-6-8(4-5-14)2-3-9(10)16-7-11(12)13/h2-3,6,11H,4-5,7,14H2,1H3. The van der Waals surface area contributed by atoms with Crippen molar-refractivity contribution in [3.8, 4) is 11.5 Å². The molecule has 0 aliphatic heterocycles. The van der Waals surface area contributed by atoms with Gasteiger partial charge < -0.3 is 15.2 Å². The maximum Gasteiger partial charge on any atom is 0.272 e. The van der Waals surface area contributed by atoms with Crippen molar-refractivity contribution in [3.05, 3.63) is 23.8 Å². The molecule has 90 valence electrons. The quantitative estimate of drug-likeness (QED) is 0.812. The van der Waals surface area contributed by atoms with Crippen LogP contribution >= 0.6 is 0 Å². The second-order valence-corrected chi connectivity index (χ2v) is 3.23. The van der Waals surface area contributed by atoms with Crippen molar-refractivity contribution in [1.29, 1.82) is 0 Å². The fourth-order valence-electron chi connectivity index (χ4n) is 1.31. The van der Waals surface area contributed by atoms with Gasteiger partial charge in [-0.3, -0.25) is 0 Å². The molecule has 0 aromatic heterocycles. The minimum absolute atomic E-state index is 0.323. The zero-order chi connectivity index (χ0) is 12.0. The van der Waals surface area contributed by atoms with E-state index in [0.29, 0.717) is 24.5 Å². The molecule has 3 nitrogen and oxygen atoms in total. The number of ether oxygens (including phenoxy) is 2. The molecule has 5 heteroatoms. The van der Waals surface area contributed by atoms with Crippen molar-refractivity contribution < 1.29 is 18.3 Å². The van der Waals surface area contributed by atoms with E-state index < -0.39 is 13.0 Å². The van der Waals surface area contributed by atoms with Crippen molar-refractivity contribution in [2.24, 2.45) is 5.73 Å². The van der Waals surface area contributed by atoms with E-state index >= 15 is 0 Å². The van der Waals surface area contributed by atoms with Crippen molar-refractivity contribution in [2.75, 3.05) is 20.3 Å². The van der Waals surface area contributed by atoms with Crippen LogP contribution in [0.25, 0.3) is 0 Å². The molecule has 0 saturated carbocycles. The monoisotopic (exact) mass is 231 g/mol. The van der Waals surface area contributed by atoms with Crippen molar-refractivity contribution in [1.82, 2.24) is 0 Å². The summed E-state index contributed by atoms with van der Waals surface area (Å²) in [5, 5.41) is 0. The normalized spacial score (nSPS) is 10.6. The van der Waals surface area contributed by atoms with Crippen LogP contribution < -0.4 is 15.2 Å². The van der Waals surface area contributed by atoms with Gasteiger partial charge in [0.2, 0.25) is 0 Å². The summed E-state index contributed by atoms with van der Waals surface area (Å²) >= 11 is 0. The number of hydrogen-bond acceptors (Lipinski definition) is 3. The summed E-state index contributed by atoms with van der Waals surface area (Å²) in [6.45, 7) is -0.104. The van der Waals surface area contributed by atoms with Gasteiger partial charge in [0, 0.05) is 0 Å². The van der Waals surface area contributed by atoms with E-state index in [4.69, 9.17) is 15.2 Å². The summed E-state index contributed by atoms with van der Waals surface area (Å²) in [5.41, 5.74) is 6.41. The summed E-state index contributed by atoms with van der Waals surface area (Å²) in [6.07, 6.45) is -1.78. The molecule has 0 fully saturated rings. The number of rotatable bonds is 6. The fourth-order valence-corrected chi connectivity index (χ4v) is 1.31. The van der Waals surface area contributed by atoms with Crippen LogP contribution in [-0.4, -0.2) is 26.7 Å². The highest BCUT2D eigenvalue weighted by Crippen LogP contribution is 2.28. The van der Waals surface area contributed by atoms with Crippen LogP contribution in [0.5, 0.6) is 11.5 Å². The van der Waals surface area contributed by atoms with E-state index in [1.165, 1.54) is 7.11 Å². The first-order chi connectivity index (χ1) is 7.67. The third-order valence-electron chi connectivity index (χ3n) is 2.03. The molecule has 16 heavy (non-hydrogen) atoms. The van der Waals surface area contributed by atoms with E-state index in [2.05, 4.69) is 0 Å². The van der Waals surface area contributed by atoms with Gasteiger partial charge in [-0.15, -0.1) is 0 Å². The molecule has 1 aromatic rings. The lowest BCUT2D eigenvalue weighted by Crippen LogP contribution is -2.08. The summed E-state index contributed by atoms with van der Waals surface area (Å²) < 4.78 is 33.9. The molecule has 0 unspecified atom stereocenters. The number of nitrogens with two attached hydrogens (primary N) is 1. The van der Waals surface area contributed by atoms with Gasteiger partial charge in [-0.05, 0) is 30.7 Å². The van der Waals surface area contributed by atoms with Crippen LogP contribution in [0.4, 0.5) is 8.78 Å². The number of alkyl halides is 2. The Kier molecular flexibility index (Phi) is 4.98. The van der Waals surface area contributed by atoms with Crippen molar-refractivity contribution in [2.45, 2.75) is 12.8 Å². The molecule has 0 atom stereocenters. The van der Waals surface area contributed by atoms with Crippen LogP contribution in [0, 0.1) is 0 Å². The summed E-state index contributed by atoms with van der Waals surface area (Å²) in [4.78, 5) is 0. The predicted octanol–water partition coefficient (Wildman–Crippen LogP) is 1.84. The highest BCUT2D eigenvalue weighted by atomic mass is 19.3. The number of benzene rings is 1. The highest BCUT2D eigenvalue weighted by Gasteiger charge is 2.08. The number of methoxy groups -OCH3 is 1. The van der Waals surface area contributed by atoms with Crippen LogP contribution in [0.2, 0.25) is 0 Å². The highest BCUT2D eigenvalue weighted by molar-refractivity contribution is 5.43. The van der Waals surface area contributed by atoms with Gasteiger partial charge in [-0.25, -0.2) is 8.78 Å². The van der Waals surface area contributed by atoms with Crippen LogP contribution in [-0.2, 0) is 6.42 Å². The Morgan fingerprint density at radius 2 is 2.06 bits per heavy atom. The molecule has 0 bridgehead atoms. The first kappa shape index (κ1) is 12.7. The average Bonchev–Trinajstić information content (AvgIpc) is 2.27. The molecule has 0 amide bonds. The second-order valence-electron chi connectivity index (χ2n) is 3.23. The van der Waals surface area contributed by atoms with E-state index in [9.17, 15) is 8.78 Å². The molecule has 1 rings (SSSR count). The summed E-state index contributed by atoms with van der Waals surface area (Å²) in [7, 11) is 1.47. The lowest BCUT2D eigenvalue weighted by molar-refractivity contribution is 0.0804. The molecule has 0 heterocycles. The fraction of sp³-hybridized carbons (Fsp3) is 0.455. The first-order valence-electron chi connectivity index (χ1n) is 4.95. The second kappa shape index (κ2) is 6.27. The molecular weight excluding hydrogens is 216 g/mol. The molecule has 1 aromatic carbocycles. The maximum absolute atomic E-state index is 12.0. The number of halogens is 2. The Hall–Kier alpha value is -1.36. The molecular formula is C11H15F2NO2. The lowest BCUT2D eigenvalue weighted by atomic mass is 10.1. The van der Waals surface area contributed by atoms with Crippen molar-refractivity contribution in [3.63, 3.8) is 0 Å². The molecule has 0 saturated heterocycles. The van der Waals surface area contributed by atoms with Crippen LogP contribution in [0.1, 0.15) is 5.56 Å². The third kappa shape index (κ3) is 3.66. The molecule has 0 aliphatic rings. The molecule has 0 aliphatic carbocycles. The Bertz CT molecular complexity index is 332. The molecule has 0 radical (unpaired) electrons. The number of hydrogen-bond donors (Lipinski definition) is 1. The van der Waals surface area contributed by atoms with Gasteiger partial charge in [0.05, 0.1) is 7.11 Å². The summed E-state index contributed by atoms with van der Waals surface area (Å²) in [6, 6.07) is 5.15. The largest absolute Gasteiger partial charge is 0.493 e. The SMILES string of the molecule is COc1cc(CCN)ccc1OCC(F)F. The Balaban J connectivity index is 2.76. The first-order valence-corrected chi connectivity index (χ1v) is 4.95. The lowest BCUT2D eigenvalue weighted by Gasteiger charge is -2.11. The van der Waals surface area contributed by atoms with Gasteiger partial charge in [-0.2, -0.15) is 0 Å². The van der Waals surface area contributed by atoms with Crippen molar-refractivity contribution >= 4 is 0 Å². The summed E-state index contributed by atoms with van der Waals surface area (Å²) in [5.74, 6) is 0.773. The Morgan fingerprint density at radius 1 is 1.31 bits per heavy atom. The minimum Gasteiger partial charge on any atom is -0.493 e. The van der Waals surface area contributed by atoms with E-state index in [1.807, 2.05) is 0 Å². The van der Waals surface area contributed by atoms with Crippen LogP contribution in [0.3, 0.4) is 0 Å². The minimum atomic E-state index is -2.49. The topological polar surface area (TPSA) is 44.5 Å². The molecule has 2 N–H and O–H groups in total. The third-order valence-corrected chi connectivity index (χ3v) is 2.03. The molecule has 0 spiro atoms. The smallest absolute Gasteiger partial charge is 0.272 e. The van der Waals surface area contributed by atoms with E-state index in [-0.39, 0.29) is 0 Å². The van der Waals surface area contributed by atoms with E-state index in [0.717, 1.165) is 5.56 Å². The van der Waals surface area contributed by atoms with Gasteiger partial charge in [0.1, 0.15) is 6.61 Å². The Labute approximate surface area is 93.2 Å². The zero-order valence-corrected chi connectivity index (χ0v) is 9.08.